The van der Waals surface area contributed by atoms with E-state index in [-0.39, 0.29) is 18.2 Å². The topological polar surface area (TPSA) is 118 Å². The summed E-state index contributed by atoms with van der Waals surface area (Å²) in [4.78, 5) is 44.5. The van der Waals surface area contributed by atoms with Gasteiger partial charge in [-0.1, -0.05) is 67.1 Å². The van der Waals surface area contributed by atoms with Crippen LogP contribution in [0.1, 0.15) is 80.7 Å². The first kappa shape index (κ1) is 43.6. The van der Waals surface area contributed by atoms with Crippen molar-refractivity contribution in [2.75, 3.05) is 24.6 Å². The predicted octanol–water partition coefficient (Wildman–Crippen LogP) is 11.2. The number of rotatable bonds is 10. The molecule has 1 aromatic carbocycles. The summed E-state index contributed by atoms with van der Waals surface area (Å²) in [5.74, 6) is 4.55. The summed E-state index contributed by atoms with van der Waals surface area (Å²) in [5, 5.41) is 11.1. The monoisotopic (exact) mass is 895 g/mol. The molecule has 0 radical (unpaired) electrons. The van der Waals surface area contributed by atoms with Crippen LogP contribution in [0, 0.1) is 11.5 Å². The highest BCUT2D eigenvalue weighted by molar-refractivity contribution is 7.26. The first-order valence-corrected chi connectivity index (χ1v) is 29.5. The van der Waals surface area contributed by atoms with Gasteiger partial charge in [-0.3, -0.25) is 14.9 Å². The number of nitrogens with zero attached hydrogens (tertiary/aromatic N) is 6. The van der Waals surface area contributed by atoms with E-state index in [9.17, 15) is 9.59 Å². The molecule has 15 heteroatoms. The number of carbonyl (C=O) groups is 1. The zero-order valence-corrected chi connectivity index (χ0v) is 41.5. The molecule has 7 heterocycles. The SMILES string of the molecule is CC(C)[Si](C#Cc1csc2cc3c(cnn3COCC[Si](C)(C)C)c(-c3nccc4c3sc3nc(=O)[nH]c(N5C[C@H]6CC[C@@H](C5)N6C(=O)OC(C)(C)C)c34)c12)(C(C)C)C(C)C. The number of anilines is 1. The molecule has 2 atom stereocenters. The normalized spacial score (nSPS) is 17.6. The summed E-state index contributed by atoms with van der Waals surface area (Å²) in [6, 6.07) is 5.32. The Morgan fingerprint density at radius 3 is 2.34 bits per heavy atom. The Labute approximate surface area is 369 Å². The molecule has 61 heavy (non-hydrogen) atoms. The Hall–Kier alpha value is -4.08. The predicted molar refractivity (Wildman–Crippen MR) is 259 cm³/mol. The lowest BCUT2D eigenvalue weighted by molar-refractivity contribution is 0.0123. The molecule has 2 saturated heterocycles. The fraction of sp³-hybridized carbons (Fsp3) is 0.543. The number of fused-ring (bicyclic) bond motifs is 7. The second-order valence-electron chi connectivity index (χ2n) is 20.2. The number of pyridine rings is 1. The number of benzene rings is 1. The van der Waals surface area contributed by atoms with Crippen LogP contribution in [0.5, 0.6) is 0 Å². The Morgan fingerprint density at radius 1 is 1.02 bits per heavy atom. The Balaban J connectivity index is 1.30. The number of hydrogen-bond acceptors (Lipinski definition) is 10. The van der Waals surface area contributed by atoms with E-state index in [0.717, 1.165) is 78.0 Å². The maximum Gasteiger partial charge on any atom is 0.410 e. The molecular formula is C46H61N7O4S2Si2. The summed E-state index contributed by atoms with van der Waals surface area (Å²) < 4.78 is 16.1. The van der Waals surface area contributed by atoms with Gasteiger partial charge in [-0.05, 0) is 68.4 Å². The van der Waals surface area contributed by atoms with E-state index in [2.05, 4.69) is 99.0 Å². The van der Waals surface area contributed by atoms with Crippen LogP contribution in [0.2, 0.25) is 42.3 Å². The van der Waals surface area contributed by atoms with Crippen LogP contribution in [0.4, 0.5) is 10.6 Å². The number of H-pyrrole nitrogens is 1. The standard InChI is InChI=1S/C46H61N7O4S2Si2/c1-27(2)61(28(3)4,29(5)6)19-16-30-25-58-36-21-35-34(22-48-52(35)26-56-18-20-60(10,11)12)38(37(30)36)40-41-33(15-17-47-40)39-42(49-44(54)50-43(39)59-41)51-23-31-13-14-32(24-51)53(31)45(55)57-46(7,8)9/h15,17,21-22,25,27-29,31-32H,13-14,18,20,23-24,26H2,1-12H3,(H,49,50,54)/t31-,32+. The fourth-order valence-corrected chi connectivity index (χ4v) is 18.1. The quantitative estimate of drug-likeness (QED) is 0.0820. The third-order valence-corrected chi connectivity index (χ3v) is 22.9. The molecule has 0 aliphatic carbocycles. The highest BCUT2D eigenvalue weighted by atomic mass is 32.1. The molecule has 5 aromatic heterocycles. The van der Waals surface area contributed by atoms with Crippen LogP contribution in [-0.4, -0.2) is 89.3 Å². The number of ether oxygens (including phenoxy) is 2. The van der Waals surface area contributed by atoms with Gasteiger partial charge in [0.15, 0.2) is 0 Å². The van der Waals surface area contributed by atoms with Gasteiger partial charge in [-0.15, -0.1) is 28.2 Å². The highest BCUT2D eigenvalue weighted by Gasteiger charge is 2.45. The summed E-state index contributed by atoms with van der Waals surface area (Å²) >= 11 is 3.22. The van der Waals surface area contributed by atoms with Crippen molar-refractivity contribution in [2.24, 2.45) is 0 Å². The molecule has 2 fully saturated rings. The molecular weight excluding hydrogens is 835 g/mol. The summed E-state index contributed by atoms with van der Waals surface area (Å²) in [7, 11) is -3.31. The molecule has 11 nitrogen and oxygen atoms in total. The van der Waals surface area contributed by atoms with Crippen molar-refractivity contribution in [1.29, 1.82) is 0 Å². The van der Waals surface area contributed by atoms with Crippen molar-refractivity contribution in [3.63, 3.8) is 0 Å². The number of aromatic amines is 1. The number of hydrogen-bond donors (Lipinski definition) is 1. The maximum atomic E-state index is 13.4. The van der Waals surface area contributed by atoms with E-state index in [1.54, 1.807) is 11.3 Å². The van der Waals surface area contributed by atoms with Gasteiger partial charge in [0.25, 0.3) is 0 Å². The van der Waals surface area contributed by atoms with E-state index in [1.165, 1.54) is 11.3 Å². The molecule has 2 aliphatic rings. The molecule has 2 bridgehead atoms. The lowest BCUT2D eigenvalue weighted by Crippen LogP contribution is -2.57. The van der Waals surface area contributed by atoms with Crippen molar-refractivity contribution < 1.29 is 14.3 Å². The molecule has 6 aromatic rings. The average Bonchev–Trinajstić information content (AvgIpc) is 3.93. The summed E-state index contributed by atoms with van der Waals surface area (Å²) in [6.07, 6.45) is 5.33. The van der Waals surface area contributed by atoms with E-state index >= 15 is 0 Å². The molecule has 8 rings (SSSR count). The van der Waals surface area contributed by atoms with E-state index in [4.69, 9.17) is 19.6 Å². The van der Waals surface area contributed by atoms with Gasteiger partial charge in [0, 0.05) is 71.3 Å². The zero-order valence-electron chi connectivity index (χ0n) is 37.9. The van der Waals surface area contributed by atoms with Gasteiger partial charge >= 0.3 is 11.8 Å². The van der Waals surface area contributed by atoms with Crippen LogP contribution in [0.15, 0.2) is 34.7 Å². The molecule has 0 spiro atoms. The van der Waals surface area contributed by atoms with Gasteiger partial charge in [0.05, 0.1) is 39.6 Å². The second kappa shape index (κ2) is 16.2. The van der Waals surface area contributed by atoms with Crippen molar-refractivity contribution in [3.05, 3.63) is 46.0 Å². The van der Waals surface area contributed by atoms with Crippen LogP contribution >= 0.6 is 22.7 Å². The number of aromatic nitrogens is 5. The number of thiophene rings is 2. The van der Waals surface area contributed by atoms with Gasteiger partial charge < -0.3 is 14.4 Å². The largest absolute Gasteiger partial charge is 0.444 e. The first-order valence-electron chi connectivity index (χ1n) is 21.9. The minimum atomic E-state index is -2.05. The number of nitrogens with one attached hydrogen (secondary N) is 1. The van der Waals surface area contributed by atoms with Gasteiger partial charge in [0.2, 0.25) is 0 Å². The van der Waals surface area contributed by atoms with Crippen LogP contribution < -0.4 is 10.6 Å². The lowest BCUT2D eigenvalue weighted by Gasteiger charge is -2.42. The van der Waals surface area contributed by atoms with Gasteiger partial charge in [-0.2, -0.15) is 10.1 Å². The molecule has 1 amide bonds. The van der Waals surface area contributed by atoms with E-state index < -0.39 is 27.4 Å². The van der Waals surface area contributed by atoms with Crippen molar-refractivity contribution in [2.45, 2.75) is 142 Å². The zero-order chi connectivity index (χ0) is 43.8. The lowest BCUT2D eigenvalue weighted by atomic mass is 9.98. The third kappa shape index (κ3) is 8.07. The van der Waals surface area contributed by atoms with Crippen molar-refractivity contribution in [3.8, 4) is 22.7 Å². The number of amides is 1. The van der Waals surface area contributed by atoms with Crippen LogP contribution in [-0.2, 0) is 16.2 Å². The third-order valence-electron chi connectivity index (χ3n) is 12.9. The van der Waals surface area contributed by atoms with E-state index in [1.807, 2.05) is 48.8 Å². The Bertz CT molecular complexity index is 2730. The molecule has 2 aliphatic heterocycles. The van der Waals surface area contributed by atoms with Crippen molar-refractivity contribution >= 4 is 92.0 Å². The second-order valence-corrected chi connectivity index (χ2v) is 33.3. The molecule has 0 saturated carbocycles. The summed E-state index contributed by atoms with van der Waals surface area (Å²) in [6.45, 7) is 29.2. The molecule has 1 N–H and O–H groups in total. The Kier molecular flexibility index (Phi) is 11.6. The number of piperazine rings is 1. The minimum Gasteiger partial charge on any atom is -0.444 e. The minimum absolute atomic E-state index is 0.0219. The van der Waals surface area contributed by atoms with E-state index in [0.29, 0.717) is 47.9 Å². The highest BCUT2D eigenvalue weighted by Crippen LogP contribution is 2.48. The Morgan fingerprint density at radius 2 is 1.70 bits per heavy atom. The van der Waals surface area contributed by atoms with Crippen molar-refractivity contribution in [1.82, 2.24) is 29.6 Å². The first-order chi connectivity index (χ1) is 28.8. The van der Waals surface area contributed by atoms with Crippen LogP contribution in [0.3, 0.4) is 0 Å². The molecule has 324 valence electrons. The summed E-state index contributed by atoms with van der Waals surface area (Å²) in [5.41, 5.74) is 8.36. The number of carbonyl (C=O) groups excluding carboxylic acids is 1. The maximum absolute atomic E-state index is 13.4. The van der Waals surface area contributed by atoms with Crippen LogP contribution in [0.25, 0.3) is 52.5 Å². The van der Waals surface area contributed by atoms with Gasteiger partial charge in [-0.25, -0.2) is 14.3 Å². The molecule has 0 unspecified atom stereocenters. The fourth-order valence-electron chi connectivity index (χ4n) is 10.0. The average molecular weight is 896 g/mol. The smallest absolute Gasteiger partial charge is 0.410 e. The van der Waals surface area contributed by atoms with Gasteiger partial charge in [0.1, 0.15) is 31.1 Å².